The average molecular weight is 138 g/mol. The smallest absolute Gasteiger partial charge is 0.267 e. The van der Waals surface area contributed by atoms with Crippen LogP contribution < -0.4 is 5.73 Å². The van der Waals surface area contributed by atoms with Crippen LogP contribution in [-0.2, 0) is 9.59 Å². The van der Waals surface area contributed by atoms with Crippen LogP contribution in [0.15, 0.2) is 17.1 Å². The zero-order chi connectivity index (χ0) is 7.56. The molecule has 0 bridgehead atoms. The maximum Gasteiger partial charge on any atom is 0.267 e. The lowest BCUT2D eigenvalue weighted by Gasteiger charge is -1.98. The largest absolute Gasteiger partial charge is 0.364 e. The first-order valence-electron chi connectivity index (χ1n) is 2.78. The molecule has 0 aromatic heterocycles. The van der Waals surface area contributed by atoms with Crippen LogP contribution in [0.4, 0.5) is 0 Å². The summed E-state index contributed by atoms with van der Waals surface area (Å²) in [4.78, 5) is 24.3. The molecule has 1 rings (SSSR count). The number of hydrogen-bond donors (Lipinski definition) is 1. The molecular weight excluding hydrogens is 132 g/mol. The van der Waals surface area contributed by atoms with E-state index in [0.29, 0.717) is 0 Å². The van der Waals surface area contributed by atoms with Crippen molar-refractivity contribution in [2.45, 2.75) is 6.42 Å². The van der Waals surface area contributed by atoms with Crippen LogP contribution in [-0.4, -0.2) is 17.5 Å². The van der Waals surface area contributed by atoms with Gasteiger partial charge < -0.3 is 5.73 Å². The maximum atomic E-state index is 10.5. The number of carbonyl (C=O) groups is 2. The molecule has 52 valence electrons. The molecule has 0 radical (unpaired) electrons. The maximum absolute atomic E-state index is 10.5. The van der Waals surface area contributed by atoms with E-state index >= 15 is 0 Å². The molecule has 2 amide bonds. The Morgan fingerprint density at radius 2 is 2.40 bits per heavy atom. The van der Waals surface area contributed by atoms with Gasteiger partial charge in [-0.15, -0.1) is 0 Å². The number of primary amides is 1. The van der Waals surface area contributed by atoms with Crippen LogP contribution in [0, 0.1) is 0 Å². The van der Waals surface area contributed by atoms with E-state index in [1.54, 1.807) is 6.08 Å². The Bertz CT molecular complexity index is 238. The molecular formula is C6H6N2O2. The fourth-order valence-electron chi connectivity index (χ4n) is 0.626. The first-order chi connectivity index (χ1) is 4.70. The molecule has 1 aliphatic heterocycles. The van der Waals surface area contributed by atoms with E-state index in [1.807, 2.05) is 0 Å². The number of hydrogen-bond acceptors (Lipinski definition) is 2. The summed E-state index contributed by atoms with van der Waals surface area (Å²) in [7, 11) is 0. The fourth-order valence-corrected chi connectivity index (χ4v) is 0.626. The van der Waals surface area contributed by atoms with Crippen LogP contribution in [0.1, 0.15) is 6.42 Å². The number of nitrogens with zero attached hydrogens (tertiary/aromatic N) is 1. The van der Waals surface area contributed by atoms with E-state index in [0.717, 1.165) is 0 Å². The Kier molecular flexibility index (Phi) is 1.62. The van der Waals surface area contributed by atoms with E-state index in [4.69, 9.17) is 5.73 Å². The lowest BCUT2D eigenvalue weighted by atomic mass is 10.2. The number of amides is 2. The van der Waals surface area contributed by atoms with Crippen molar-refractivity contribution in [2.75, 3.05) is 0 Å². The van der Waals surface area contributed by atoms with E-state index in [-0.39, 0.29) is 18.0 Å². The molecule has 0 unspecified atom stereocenters. The summed E-state index contributed by atoms with van der Waals surface area (Å²) in [6.45, 7) is 0. The van der Waals surface area contributed by atoms with Crippen molar-refractivity contribution in [3.8, 4) is 0 Å². The van der Waals surface area contributed by atoms with Gasteiger partial charge >= 0.3 is 0 Å². The predicted octanol–water partition coefficient (Wildman–Crippen LogP) is -0.601. The van der Waals surface area contributed by atoms with E-state index in [9.17, 15) is 9.59 Å². The van der Waals surface area contributed by atoms with Gasteiger partial charge in [-0.05, 0) is 6.08 Å². The molecule has 4 heteroatoms. The average Bonchev–Trinajstić information content (AvgIpc) is 1.88. The molecule has 0 saturated carbocycles. The van der Waals surface area contributed by atoms with Crippen molar-refractivity contribution in [1.82, 2.24) is 0 Å². The van der Waals surface area contributed by atoms with Gasteiger partial charge in [-0.3, -0.25) is 9.59 Å². The van der Waals surface area contributed by atoms with Crippen LogP contribution in [0.2, 0.25) is 0 Å². The predicted molar refractivity (Wildman–Crippen MR) is 35.4 cm³/mol. The van der Waals surface area contributed by atoms with Crippen LogP contribution >= 0.6 is 0 Å². The van der Waals surface area contributed by atoms with Gasteiger partial charge in [0.2, 0.25) is 5.91 Å². The standard InChI is InChI=1S/C6H6N2O2/c7-6(10)4-2-1-3-5(9)8-4/h1-2H,3H2,(H2,7,10). The molecule has 0 spiro atoms. The molecule has 0 atom stereocenters. The number of carbonyl (C=O) groups excluding carboxylic acids is 2. The molecule has 2 N–H and O–H groups in total. The second-order valence-electron chi connectivity index (χ2n) is 1.86. The first-order valence-corrected chi connectivity index (χ1v) is 2.78. The summed E-state index contributed by atoms with van der Waals surface area (Å²) in [6, 6.07) is 0. The molecule has 0 aromatic carbocycles. The second-order valence-corrected chi connectivity index (χ2v) is 1.86. The van der Waals surface area contributed by atoms with Crippen molar-refractivity contribution in [3.63, 3.8) is 0 Å². The van der Waals surface area contributed by atoms with Crippen molar-refractivity contribution in [2.24, 2.45) is 10.7 Å². The lowest BCUT2D eigenvalue weighted by molar-refractivity contribution is -0.118. The quantitative estimate of drug-likeness (QED) is 0.525. The summed E-state index contributed by atoms with van der Waals surface area (Å²) in [5, 5.41) is 0. The highest BCUT2D eigenvalue weighted by Crippen LogP contribution is 1.97. The third-order valence-electron chi connectivity index (χ3n) is 1.07. The number of rotatable bonds is 1. The molecule has 4 nitrogen and oxygen atoms in total. The molecule has 0 saturated heterocycles. The summed E-state index contributed by atoms with van der Waals surface area (Å²) in [5.41, 5.74) is 4.89. The Morgan fingerprint density at radius 1 is 1.70 bits per heavy atom. The Labute approximate surface area is 57.4 Å². The third-order valence-corrected chi connectivity index (χ3v) is 1.07. The minimum Gasteiger partial charge on any atom is -0.364 e. The minimum atomic E-state index is -0.663. The highest BCUT2D eigenvalue weighted by Gasteiger charge is 2.09. The van der Waals surface area contributed by atoms with Crippen molar-refractivity contribution < 1.29 is 9.59 Å². The fraction of sp³-hybridized carbons (Fsp3) is 0.167. The van der Waals surface area contributed by atoms with Crippen molar-refractivity contribution >= 4 is 17.5 Å². The second kappa shape index (κ2) is 2.43. The van der Waals surface area contributed by atoms with E-state index in [2.05, 4.69) is 4.99 Å². The third kappa shape index (κ3) is 1.28. The Hall–Kier alpha value is -1.45. The van der Waals surface area contributed by atoms with Gasteiger partial charge in [-0.2, -0.15) is 0 Å². The highest BCUT2D eigenvalue weighted by molar-refractivity contribution is 6.44. The summed E-state index contributed by atoms with van der Waals surface area (Å²) < 4.78 is 0. The van der Waals surface area contributed by atoms with Crippen LogP contribution in [0.3, 0.4) is 0 Å². The van der Waals surface area contributed by atoms with Crippen LogP contribution in [0.25, 0.3) is 0 Å². The van der Waals surface area contributed by atoms with E-state index in [1.165, 1.54) is 6.08 Å². The van der Waals surface area contributed by atoms with Gasteiger partial charge in [0.15, 0.2) is 0 Å². The number of dihydropyridines is 1. The van der Waals surface area contributed by atoms with Gasteiger partial charge in [0.05, 0.1) is 0 Å². The zero-order valence-corrected chi connectivity index (χ0v) is 5.20. The van der Waals surface area contributed by atoms with E-state index < -0.39 is 5.91 Å². The Morgan fingerprint density at radius 3 is 2.80 bits per heavy atom. The van der Waals surface area contributed by atoms with Gasteiger partial charge in [-0.1, -0.05) is 6.08 Å². The Balaban J connectivity index is 2.86. The van der Waals surface area contributed by atoms with Gasteiger partial charge in [-0.25, -0.2) is 4.99 Å². The van der Waals surface area contributed by atoms with Gasteiger partial charge in [0.1, 0.15) is 5.71 Å². The lowest BCUT2D eigenvalue weighted by Crippen LogP contribution is -2.24. The molecule has 1 aliphatic rings. The molecule has 0 aromatic rings. The molecule has 10 heavy (non-hydrogen) atoms. The van der Waals surface area contributed by atoms with Crippen LogP contribution in [0.5, 0.6) is 0 Å². The summed E-state index contributed by atoms with van der Waals surface area (Å²) in [6.07, 6.45) is 3.27. The van der Waals surface area contributed by atoms with Crippen molar-refractivity contribution in [3.05, 3.63) is 12.2 Å². The highest BCUT2D eigenvalue weighted by atomic mass is 16.2. The van der Waals surface area contributed by atoms with Crippen molar-refractivity contribution in [1.29, 1.82) is 0 Å². The monoisotopic (exact) mass is 138 g/mol. The number of aliphatic imine (C=N–C) groups is 1. The number of nitrogens with two attached hydrogens (primary N) is 1. The molecule has 0 fully saturated rings. The summed E-state index contributed by atoms with van der Waals surface area (Å²) in [5.74, 6) is -0.986. The molecule has 1 heterocycles. The van der Waals surface area contributed by atoms with Gasteiger partial charge in [0, 0.05) is 6.42 Å². The SMILES string of the molecule is NC(=O)C1=NC(=O)CC=C1. The topological polar surface area (TPSA) is 72.5 Å². The van der Waals surface area contributed by atoms with Gasteiger partial charge in [0.25, 0.3) is 5.91 Å². The molecule has 0 aliphatic carbocycles. The summed E-state index contributed by atoms with van der Waals surface area (Å²) >= 11 is 0. The zero-order valence-electron chi connectivity index (χ0n) is 5.20. The minimum absolute atomic E-state index is 0.0382. The first kappa shape index (κ1) is 6.67. The normalized spacial score (nSPS) is 16.8.